The first-order valence-electron chi connectivity index (χ1n) is 5.13. The lowest BCUT2D eigenvalue weighted by atomic mass is 9.98. The third-order valence-electron chi connectivity index (χ3n) is 2.33. The van der Waals surface area contributed by atoms with Gasteiger partial charge in [0.15, 0.2) is 11.6 Å². The molecule has 1 rings (SSSR count). The molecule has 0 heterocycles. The number of ether oxygens (including phenoxy) is 1. The van der Waals surface area contributed by atoms with Gasteiger partial charge in [0.25, 0.3) is 0 Å². The number of hydrogen-bond donors (Lipinski definition) is 1. The molecule has 0 aliphatic carbocycles. The molecule has 1 aromatic carbocycles. The zero-order chi connectivity index (χ0) is 11.4. The van der Waals surface area contributed by atoms with Crippen molar-refractivity contribution in [1.82, 2.24) is 0 Å². The maximum Gasteiger partial charge on any atom is 0.165 e. The van der Waals surface area contributed by atoms with Crippen LogP contribution >= 0.6 is 0 Å². The van der Waals surface area contributed by atoms with Crippen molar-refractivity contribution < 1.29 is 9.13 Å². The van der Waals surface area contributed by atoms with Crippen LogP contribution in [0.4, 0.5) is 4.39 Å². The summed E-state index contributed by atoms with van der Waals surface area (Å²) in [6, 6.07) is 4.77. The van der Waals surface area contributed by atoms with E-state index in [0.29, 0.717) is 5.92 Å². The lowest BCUT2D eigenvalue weighted by molar-refractivity contribution is 0.385. The molecule has 0 saturated carbocycles. The molecule has 2 N–H and O–H groups in total. The summed E-state index contributed by atoms with van der Waals surface area (Å²) in [4.78, 5) is 0. The summed E-state index contributed by atoms with van der Waals surface area (Å²) >= 11 is 0. The van der Waals surface area contributed by atoms with E-state index in [2.05, 4.69) is 13.8 Å². The topological polar surface area (TPSA) is 35.2 Å². The normalized spacial score (nSPS) is 12.9. The lowest BCUT2D eigenvalue weighted by Crippen LogP contribution is -2.13. The Balaban J connectivity index is 2.82. The van der Waals surface area contributed by atoms with E-state index in [4.69, 9.17) is 10.5 Å². The van der Waals surface area contributed by atoms with Crippen LogP contribution in [0.15, 0.2) is 18.2 Å². The summed E-state index contributed by atoms with van der Waals surface area (Å²) < 4.78 is 18.2. The lowest BCUT2D eigenvalue weighted by Gasteiger charge is -2.15. The van der Waals surface area contributed by atoms with Crippen LogP contribution in [-0.2, 0) is 0 Å². The molecule has 0 spiro atoms. The second-order valence-electron chi connectivity index (χ2n) is 4.13. The van der Waals surface area contributed by atoms with Gasteiger partial charge in [0.2, 0.25) is 0 Å². The van der Waals surface area contributed by atoms with Crippen LogP contribution in [0.2, 0.25) is 0 Å². The van der Waals surface area contributed by atoms with E-state index < -0.39 is 0 Å². The predicted molar refractivity (Wildman–Crippen MR) is 59.3 cm³/mol. The molecule has 1 unspecified atom stereocenters. The first-order chi connectivity index (χ1) is 7.04. The van der Waals surface area contributed by atoms with E-state index in [1.807, 2.05) is 6.07 Å². The Bertz CT molecular complexity index is 325. The Hall–Kier alpha value is -1.09. The maximum absolute atomic E-state index is 13.4. The van der Waals surface area contributed by atoms with E-state index in [0.717, 1.165) is 12.0 Å². The van der Waals surface area contributed by atoms with Crippen molar-refractivity contribution >= 4 is 0 Å². The van der Waals surface area contributed by atoms with Crippen LogP contribution in [0.5, 0.6) is 5.75 Å². The Labute approximate surface area is 90.2 Å². The largest absolute Gasteiger partial charge is 0.494 e. The molecule has 0 aliphatic heterocycles. The standard InChI is InChI=1S/C12H18FNO/c1-8(2)6-11(14)9-4-5-12(15-3)10(13)7-9/h4-5,7-8,11H,6,14H2,1-3H3. The summed E-state index contributed by atoms with van der Waals surface area (Å²) in [7, 11) is 1.45. The van der Waals surface area contributed by atoms with Crippen molar-refractivity contribution in [2.24, 2.45) is 11.7 Å². The van der Waals surface area contributed by atoms with Crippen molar-refractivity contribution in [1.29, 1.82) is 0 Å². The number of methoxy groups -OCH3 is 1. The average molecular weight is 211 g/mol. The number of rotatable bonds is 4. The van der Waals surface area contributed by atoms with Crippen LogP contribution in [0.3, 0.4) is 0 Å². The molecule has 15 heavy (non-hydrogen) atoms. The summed E-state index contributed by atoms with van der Waals surface area (Å²) in [5.41, 5.74) is 6.77. The van der Waals surface area contributed by atoms with Gasteiger partial charge < -0.3 is 10.5 Å². The van der Waals surface area contributed by atoms with Gasteiger partial charge >= 0.3 is 0 Å². The number of halogens is 1. The predicted octanol–water partition coefficient (Wildman–Crippen LogP) is 2.88. The van der Waals surface area contributed by atoms with Crippen molar-refractivity contribution in [3.63, 3.8) is 0 Å². The van der Waals surface area contributed by atoms with Gasteiger partial charge in [-0.15, -0.1) is 0 Å². The van der Waals surface area contributed by atoms with Gasteiger partial charge in [-0.25, -0.2) is 4.39 Å². The highest BCUT2D eigenvalue weighted by Gasteiger charge is 2.11. The molecule has 84 valence electrons. The van der Waals surface area contributed by atoms with E-state index in [-0.39, 0.29) is 17.6 Å². The molecule has 0 bridgehead atoms. The molecule has 2 nitrogen and oxygen atoms in total. The van der Waals surface area contributed by atoms with Crippen LogP contribution in [-0.4, -0.2) is 7.11 Å². The van der Waals surface area contributed by atoms with Gasteiger partial charge in [-0.2, -0.15) is 0 Å². The molecule has 1 aromatic rings. The Kier molecular flexibility index (Phi) is 4.09. The minimum Gasteiger partial charge on any atom is -0.494 e. The van der Waals surface area contributed by atoms with Crippen molar-refractivity contribution in [3.05, 3.63) is 29.6 Å². The zero-order valence-corrected chi connectivity index (χ0v) is 9.46. The number of nitrogens with two attached hydrogens (primary N) is 1. The van der Waals surface area contributed by atoms with Crippen molar-refractivity contribution in [2.45, 2.75) is 26.3 Å². The molecule has 0 radical (unpaired) electrons. The fourth-order valence-electron chi connectivity index (χ4n) is 1.56. The third kappa shape index (κ3) is 3.20. The van der Waals surface area contributed by atoms with Crippen molar-refractivity contribution in [2.75, 3.05) is 7.11 Å². The fourth-order valence-corrected chi connectivity index (χ4v) is 1.56. The smallest absolute Gasteiger partial charge is 0.165 e. The highest BCUT2D eigenvalue weighted by Crippen LogP contribution is 2.24. The number of benzene rings is 1. The Morgan fingerprint density at radius 3 is 2.53 bits per heavy atom. The second-order valence-corrected chi connectivity index (χ2v) is 4.13. The van der Waals surface area contributed by atoms with Crippen LogP contribution in [0, 0.1) is 11.7 Å². The average Bonchev–Trinajstić information content (AvgIpc) is 2.16. The molecule has 1 atom stereocenters. The SMILES string of the molecule is COc1ccc(C(N)CC(C)C)cc1F. The molecule has 0 saturated heterocycles. The van der Waals surface area contributed by atoms with Gasteiger partial charge in [0.1, 0.15) is 0 Å². The maximum atomic E-state index is 13.4. The summed E-state index contributed by atoms with van der Waals surface area (Å²) in [5, 5.41) is 0. The van der Waals surface area contributed by atoms with E-state index >= 15 is 0 Å². The Morgan fingerprint density at radius 2 is 2.07 bits per heavy atom. The summed E-state index contributed by atoms with van der Waals surface area (Å²) in [6.07, 6.45) is 0.853. The van der Waals surface area contributed by atoms with Gasteiger partial charge in [-0.1, -0.05) is 19.9 Å². The molecule has 0 aromatic heterocycles. The fraction of sp³-hybridized carbons (Fsp3) is 0.500. The molecule has 0 amide bonds. The first kappa shape index (κ1) is 12.0. The second kappa shape index (κ2) is 5.12. The quantitative estimate of drug-likeness (QED) is 0.831. The highest BCUT2D eigenvalue weighted by molar-refractivity contribution is 5.30. The van der Waals surface area contributed by atoms with Crippen LogP contribution in [0.25, 0.3) is 0 Å². The molecule has 0 aliphatic rings. The van der Waals surface area contributed by atoms with Gasteiger partial charge in [0, 0.05) is 6.04 Å². The molecular formula is C12H18FNO. The Morgan fingerprint density at radius 1 is 1.40 bits per heavy atom. The van der Waals surface area contributed by atoms with E-state index in [9.17, 15) is 4.39 Å². The van der Waals surface area contributed by atoms with Gasteiger partial charge in [-0.3, -0.25) is 0 Å². The molecule has 3 heteroatoms. The highest BCUT2D eigenvalue weighted by atomic mass is 19.1. The molecule has 0 fully saturated rings. The minimum absolute atomic E-state index is 0.106. The minimum atomic E-state index is -0.353. The monoisotopic (exact) mass is 211 g/mol. The van der Waals surface area contributed by atoms with Crippen LogP contribution < -0.4 is 10.5 Å². The van der Waals surface area contributed by atoms with Crippen LogP contribution in [0.1, 0.15) is 31.9 Å². The molecular weight excluding hydrogens is 193 g/mol. The third-order valence-corrected chi connectivity index (χ3v) is 2.33. The summed E-state index contributed by atoms with van der Waals surface area (Å²) in [6.45, 7) is 4.19. The van der Waals surface area contributed by atoms with E-state index in [1.165, 1.54) is 13.2 Å². The van der Waals surface area contributed by atoms with Gasteiger partial charge in [0.05, 0.1) is 7.11 Å². The summed E-state index contributed by atoms with van der Waals surface area (Å²) in [5.74, 6) is 0.412. The number of hydrogen-bond acceptors (Lipinski definition) is 2. The zero-order valence-electron chi connectivity index (χ0n) is 9.46. The van der Waals surface area contributed by atoms with E-state index in [1.54, 1.807) is 6.07 Å². The first-order valence-corrected chi connectivity index (χ1v) is 5.13. The van der Waals surface area contributed by atoms with Gasteiger partial charge in [-0.05, 0) is 30.0 Å². The van der Waals surface area contributed by atoms with Crippen molar-refractivity contribution in [3.8, 4) is 5.75 Å².